The number of rotatable bonds is 4. The van der Waals surface area contributed by atoms with Crippen molar-refractivity contribution in [2.45, 2.75) is 12.8 Å². The van der Waals surface area contributed by atoms with Gasteiger partial charge >= 0.3 is 0 Å². The Morgan fingerprint density at radius 1 is 0.793 bits per heavy atom. The van der Waals surface area contributed by atoms with Crippen molar-refractivity contribution < 1.29 is 14.4 Å². The molecule has 0 atom stereocenters. The summed E-state index contributed by atoms with van der Waals surface area (Å²) in [6.07, 6.45) is 1.85. The highest BCUT2D eigenvalue weighted by atomic mass is 16.2. The summed E-state index contributed by atoms with van der Waals surface area (Å²) in [4.78, 5) is 43.4. The molecule has 29 heavy (non-hydrogen) atoms. The molecule has 0 N–H and O–H groups in total. The smallest absolute Gasteiger partial charge is 0.256 e. The lowest BCUT2D eigenvalue weighted by Gasteiger charge is -2.35. The monoisotopic (exact) mass is 391 g/mol. The van der Waals surface area contributed by atoms with Gasteiger partial charge in [-0.25, -0.2) is 0 Å². The molecule has 2 aromatic carbocycles. The molecule has 4 rings (SSSR count). The first-order chi connectivity index (χ1) is 14.1. The molecule has 2 aliphatic rings. The molecule has 6 nitrogen and oxygen atoms in total. The molecule has 0 bridgehead atoms. The Balaban J connectivity index is 1.44. The minimum atomic E-state index is -0.0946. The number of hydrogen-bond donors (Lipinski definition) is 0. The van der Waals surface area contributed by atoms with Crippen molar-refractivity contribution in [3.05, 3.63) is 65.7 Å². The van der Waals surface area contributed by atoms with Crippen LogP contribution in [-0.2, 0) is 4.79 Å². The largest absolute Gasteiger partial charge is 0.335 e. The normalized spacial score (nSPS) is 16.4. The van der Waals surface area contributed by atoms with Crippen LogP contribution in [0.1, 0.15) is 33.6 Å². The van der Waals surface area contributed by atoms with E-state index >= 15 is 0 Å². The summed E-state index contributed by atoms with van der Waals surface area (Å²) in [5.41, 5.74) is 1.85. The van der Waals surface area contributed by atoms with Crippen LogP contribution in [0.4, 0.5) is 5.69 Å². The van der Waals surface area contributed by atoms with Gasteiger partial charge < -0.3 is 14.7 Å². The van der Waals surface area contributed by atoms with Crippen molar-refractivity contribution in [3.8, 4) is 0 Å². The average molecular weight is 391 g/mol. The molecule has 0 radical (unpaired) electrons. The van der Waals surface area contributed by atoms with Crippen LogP contribution in [0.2, 0.25) is 0 Å². The molecule has 6 heteroatoms. The number of amides is 3. The quantitative estimate of drug-likeness (QED) is 0.805. The molecule has 2 fully saturated rings. The molecule has 1 saturated heterocycles. The lowest BCUT2D eigenvalue weighted by molar-refractivity contribution is -0.119. The Labute approximate surface area is 170 Å². The summed E-state index contributed by atoms with van der Waals surface area (Å²) >= 11 is 0. The first kappa shape index (κ1) is 19.2. The topological polar surface area (TPSA) is 60.9 Å². The molecule has 150 valence electrons. The highest BCUT2D eigenvalue weighted by molar-refractivity contribution is 6.05. The fraction of sp³-hybridized carbons (Fsp3) is 0.348. The van der Waals surface area contributed by atoms with Gasteiger partial charge in [-0.05, 0) is 37.1 Å². The van der Waals surface area contributed by atoms with E-state index in [-0.39, 0.29) is 23.6 Å². The Hall–Kier alpha value is -3.15. The zero-order valence-corrected chi connectivity index (χ0v) is 16.6. The Kier molecular flexibility index (Phi) is 5.34. The van der Waals surface area contributed by atoms with Crippen LogP contribution in [0.25, 0.3) is 0 Å². The summed E-state index contributed by atoms with van der Waals surface area (Å²) in [7, 11) is 1.74. The SMILES string of the molecule is CN(C(=O)C1CC1)c1ccccc1C(=O)N1CCN(C(=O)c2ccccc2)CC1. The molecule has 0 spiro atoms. The zero-order chi connectivity index (χ0) is 20.4. The van der Waals surface area contributed by atoms with Gasteiger partial charge in [0.15, 0.2) is 0 Å². The van der Waals surface area contributed by atoms with Crippen LogP contribution in [-0.4, -0.2) is 60.7 Å². The summed E-state index contributed by atoms with van der Waals surface area (Å²) in [6, 6.07) is 16.5. The maximum absolute atomic E-state index is 13.2. The first-order valence-electron chi connectivity index (χ1n) is 10.1. The second-order valence-electron chi connectivity index (χ2n) is 7.64. The van der Waals surface area contributed by atoms with E-state index in [1.165, 1.54) is 0 Å². The van der Waals surface area contributed by atoms with E-state index in [4.69, 9.17) is 0 Å². The van der Waals surface area contributed by atoms with Crippen molar-refractivity contribution in [3.63, 3.8) is 0 Å². The van der Waals surface area contributed by atoms with Crippen molar-refractivity contribution in [2.75, 3.05) is 38.1 Å². The fourth-order valence-electron chi connectivity index (χ4n) is 3.72. The Morgan fingerprint density at radius 2 is 1.34 bits per heavy atom. The van der Waals surface area contributed by atoms with Gasteiger partial charge in [0.2, 0.25) is 5.91 Å². The molecule has 1 heterocycles. The predicted molar refractivity (Wildman–Crippen MR) is 111 cm³/mol. The maximum Gasteiger partial charge on any atom is 0.256 e. The van der Waals surface area contributed by atoms with Gasteiger partial charge in [0.25, 0.3) is 11.8 Å². The van der Waals surface area contributed by atoms with Crippen molar-refractivity contribution in [1.82, 2.24) is 9.80 Å². The summed E-state index contributed by atoms with van der Waals surface area (Å²) < 4.78 is 0. The van der Waals surface area contributed by atoms with Crippen molar-refractivity contribution >= 4 is 23.4 Å². The van der Waals surface area contributed by atoms with E-state index in [2.05, 4.69) is 0 Å². The molecule has 1 aliphatic carbocycles. The number of anilines is 1. The number of carbonyl (C=O) groups is 3. The van der Waals surface area contributed by atoms with Gasteiger partial charge in [-0.3, -0.25) is 14.4 Å². The molecule has 0 aromatic heterocycles. The molecule has 2 aromatic rings. The van der Waals surface area contributed by atoms with Gasteiger partial charge in [-0.1, -0.05) is 30.3 Å². The first-order valence-corrected chi connectivity index (χ1v) is 10.1. The molecule has 1 aliphatic heterocycles. The van der Waals surface area contributed by atoms with Crippen molar-refractivity contribution in [2.24, 2.45) is 5.92 Å². The van der Waals surface area contributed by atoms with Crippen LogP contribution < -0.4 is 4.90 Å². The lowest BCUT2D eigenvalue weighted by Crippen LogP contribution is -2.50. The number of piperazine rings is 1. The number of para-hydroxylation sites is 1. The van der Waals surface area contributed by atoms with E-state index in [1.54, 1.807) is 27.8 Å². The number of hydrogen-bond acceptors (Lipinski definition) is 3. The van der Waals surface area contributed by atoms with Crippen molar-refractivity contribution in [1.29, 1.82) is 0 Å². The molecular formula is C23H25N3O3. The van der Waals surface area contributed by atoms with Crippen LogP contribution >= 0.6 is 0 Å². The second-order valence-corrected chi connectivity index (χ2v) is 7.64. The van der Waals surface area contributed by atoms with E-state index in [9.17, 15) is 14.4 Å². The van der Waals surface area contributed by atoms with Crippen LogP contribution in [0.3, 0.4) is 0 Å². The average Bonchev–Trinajstić information content (AvgIpc) is 3.63. The Morgan fingerprint density at radius 3 is 1.97 bits per heavy atom. The van der Waals surface area contributed by atoms with Gasteiger partial charge in [0, 0.05) is 44.7 Å². The summed E-state index contributed by atoms with van der Waals surface area (Å²) in [5.74, 6) is 0.0648. The zero-order valence-electron chi connectivity index (χ0n) is 16.6. The standard InChI is InChI=1S/C23H25N3O3/c1-24(21(27)18-11-12-18)20-10-6-5-9-19(20)23(29)26-15-13-25(14-16-26)22(28)17-7-3-2-4-8-17/h2-10,18H,11-16H2,1H3. The van der Waals surface area contributed by atoms with E-state index in [0.29, 0.717) is 43.0 Å². The third kappa shape index (κ3) is 4.01. The molecule has 1 saturated carbocycles. The van der Waals surface area contributed by atoms with Crippen LogP contribution in [0.5, 0.6) is 0 Å². The Bertz CT molecular complexity index is 916. The van der Waals surface area contributed by atoms with E-state index < -0.39 is 0 Å². The van der Waals surface area contributed by atoms with Gasteiger partial charge in [0.1, 0.15) is 0 Å². The number of nitrogens with zero attached hydrogens (tertiary/aromatic N) is 3. The van der Waals surface area contributed by atoms with Gasteiger partial charge in [-0.15, -0.1) is 0 Å². The molecular weight excluding hydrogens is 366 g/mol. The van der Waals surface area contributed by atoms with Crippen LogP contribution in [0, 0.1) is 5.92 Å². The maximum atomic E-state index is 13.2. The predicted octanol–water partition coefficient (Wildman–Crippen LogP) is 2.66. The summed E-state index contributed by atoms with van der Waals surface area (Å²) in [5, 5.41) is 0. The van der Waals surface area contributed by atoms with E-state index in [0.717, 1.165) is 12.8 Å². The number of benzene rings is 2. The molecule has 3 amide bonds. The third-order valence-corrected chi connectivity index (χ3v) is 5.63. The lowest BCUT2D eigenvalue weighted by atomic mass is 10.1. The third-order valence-electron chi connectivity index (χ3n) is 5.63. The highest BCUT2D eigenvalue weighted by Crippen LogP contribution is 2.33. The van der Waals surface area contributed by atoms with E-state index in [1.807, 2.05) is 48.5 Å². The summed E-state index contributed by atoms with van der Waals surface area (Å²) in [6.45, 7) is 1.95. The highest BCUT2D eigenvalue weighted by Gasteiger charge is 2.34. The minimum Gasteiger partial charge on any atom is -0.335 e. The number of carbonyl (C=O) groups excluding carboxylic acids is 3. The van der Waals surface area contributed by atoms with Crippen LogP contribution in [0.15, 0.2) is 54.6 Å². The second kappa shape index (κ2) is 8.07. The van der Waals surface area contributed by atoms with Gasteiger partial charge in [0.05, 0.1) is 11.3 Å². The van der Waals surface area contributed by atoms with Gasteiger partial charge in [-0.2, -0.15) is 0 Å². The molecule has 0 unspecified atom stereocenters. The fourth-order valence-corrected chi connectivity index (χ4v) is 3.72. The minimum absolute atomic E-state index is 0.00661.